The molecule has 0 radical (unpaired) electrons. The lowest BCUT2D eigenvalue weighted by atomic mass is 10.2. The molecule has 1 N–H and O–H groups in total. The second-order valence-corrected chi connectivity index (χ2v) is 4.82. The highest BCUT2D eigenvalue weighted by atomic mass is 16.5. The highest BCUT2D eigenvalue weighted by Gasteiger charge is 2.09. The Morgan fingerprint density at radius 3 is 2.71 bits per heavy atom. The molecule has 1 aromatic heterocycles. The first-order valence-corrected chi connectivity index (χ1v) is 5.87. The summed E-state index contributed by atoms with van der Waals surface area (Å²) in [6, 6.07) is 3.80. The van der Waals surface area contributed by atoms with Crippen LogP contribution in [-0.4, -0.2) is 30.8 Å². The third kappa shape index (κ3) is 6.24. The summed E-state index contributed by atoms with van der Waals surface area (Å²) in [5.41, 5.74) is 0.862. The lowest BCUT2D eigenvalue weighted by Crippen LogP contribution is -2.22. The van der Waals surface area contributed by atoms with Gasteiger partial charge in [-0.05, 0) is 33.9 Å². The number of ether oxygens (including phenoxy) is 2. The Kier molecular flexibility index (Phi) is 5.38. The quantitative estimate of drug-likeness (QED) is 0.770. The van der Waals surface area contributed by atoms with Gasteiger partial charge in [0.25, 0.3) is 0 Å². The second kappa shape index (κ2) is 6.57. The molecule has 0 fully saturated rings. The summed E-state index contributed by atoms with van der Waals surface area (Å²) in [5.74, 6) is 0.836. The Labute approximate surface area is 103 Å². The van der Waals surface area contributed by atoms with Crippen molar-refractivity contribution < 1.29 is 9.47 Å². The van der Waals surface area contributed by atoms with Crippen molar-refractivity contribution in [2.24, 2.45) is 0 Å². The zero-order chi connectivity index (χ0) is 12.7. The van der Waals surface area contributed by atoms with Crippen LogP contribution in [0.2, 0.25) is 0 Å². The molecule has 0 unspecified atom stereocenters. The van der Waals surface area contributed by atoms with Gasteiger partial charge in [-0.2, -0.15) is 0 Å². The van der Waals surface area contributed by atoms with Crippen molar-refractivity contribution in [2.75, 3.05) is 20.3 Å². The molecule has 0 saturated heterocycles. The molecule has 0 bridgehead atoms. The Balaban J connectivity index is 2.34. The van der Waals surface area contributed by atoms with Crippen LogP contribution >= 0.6 is 0 Å². The largest absolute Gasteiger partial charge is 0.491 e. The summed E-state index contributed by atoms with van der Waals surface area (Å²) in [5, 5.41) is 3.06. The Hall–Kier alpha value is -1.13. The molecule has 0 aliphatic carbocycles. The van der Waals surface area contributed by atoms with E-state index in [9.17, 15) is 0 Å². The van der Waals surface area contributed by atoms with Crippen molar-refractivity contribution in [3.05, 3.63) is 24.0 Å². The first kappa shape index (κ1) is 13.9. The van der Waals surface area contributed by atoms with E-state index in [-0.39, 0.29) is 5.60 Å². The molecular formula is C13H22N2O2. The average Bonchev–Trinajstić information content (AvgIpc) is 2.24. The SMILES string of the molecule is CNCc1cc(OCCOC(C)(C)C)ccn1. The molecule has 0 spiro atoms. The summed E-state index contributed by atoms with van der Waals surface area (Å²) in [6.45, 7) is 7.99. The molecule has 0 amide bonds. The van der Waals surface area contributed by atoms with Gasteiger partial charge < -0.3 is 14.8 Å². The van der Waals surface area contributed by atoms with Gasteiger partial charge in [-0.3, -0.25) is 4.98 Å². The molecule has 4 heteroatoms. The van der Waals surface area contributed by atoms with Gasteiger partial charge in [-0.25, -0.2) is 0 Å². The van der Waals surface area contributed by atoms with Gasteiger partial charge in [0.15, 0.2) is 0 Å². The van der Waals surface area contributed by atoms with Crippen LogP contribution in [0.4, 0.5) is 0 Å². The van der Waals surface area contributed by atoms with Crippen LogP contribution in [0.5, 0.6) is 5.75 Å². The summed E-state index contributed by atoms with van der Waals surface area (Å²) >= 11 is 0. The molecule has 1 rings (SSSR count). The van der Waals surface area contributed by atoms with Gasteiger partial charge in [0.2, 0.25) is 0 Å². The Morgan fingerprint density at radius 1 is 1.29 bits per heavy atom. The standard InChI is InChI=1S/C13H22N2O2/c1-13(2,3)17-8-7-16-12-5-6-15-11(9-12)10-14-4/h5-6,9,14H,7-8,10H2,1-4H3. The molecular weight excluding hydrogens is 216 g/mol. The van der Waals surface area contributed by atoms with E-state index in [0.717, 1.165) is 18.0 Å². The monoisotopic (exact) mass is 238 g/mol. The number of nitrogens with zero attached hydrogens (tertiary/aromatic N) is 1. The van der Waals surface area contributed by atoms with E-state index in [1.165, 1.54) is 0 Å². The second-order valence-electron chi connectivity index (χ2n) is 4.82. The number of rotatable bonds is 6. The molecule has 0 atom stereocenters. The van der Waals surface area contributed by atoms with E-state index in [2.05, 4.69) is 10.3 Å². The topological polar surface area (TPSA) is 43.4 Å². The molecule has 0 aromatic carbocycles. The number of hydrogen-bond acceptors (Lipinski definition) is 4. The molecule has 4 nitrogen and oxygen atoms in total. The smallest absolute Gasteiger partial charge is 0.122 e. The fourth-order valence-corrected chi connectivity index (χ4v) is 1.33. The third-order valence-electron chi connectivity index (χ3n) is 2.03. The minimum Gasteiger partial charge on any atom is -0.491 e. The van der Waals surface area contributed by atoms with Gasteiger partial charge in [0.05, 0.1) is 17.9 Å². The van der Waals surface area contributed by atoms with Crippen molar-refractivity contribution in [1.29, 1.82) is 0 Å². The normalized spacial score (nSPS) is 11.5. The Bertz CT molecular complexity index is 334. The van der Waals surface area contributed by atoms with Crippen LogP contribution in [0, 0.1) is 0 Å². The molecule has 17 heavy (non-hydrogen) atoms. The fourth-order valence-electron chi connectivity index (χ4n) is 1.33. The number of nitrogens with one attached hydrogen (secondary N) is 1. The first-order valence-electron chi connectivity index (χ1n) is 5.87. The molecule has 96 valence electrons. The summed E-state index contributed by atoms with van der Waals surface area (Å²) in [7, 11) is 1.90. The molecule has 0 saturated carbocycles. The van der Waals surface area contributed by atoms with Gasteiger partial charge in [0.1, 0.15) is 12.4 Å². The van der Waals surface area contributed by atoms with E-state index in [1.807, 2.05) is 40.0 Å². The minimum absolute atomic E-state index is 0.112. The van der Waals surface area contributed by atoms with E-state index in [4.69, 9.17) is 9.47 Å². The maximum absolute atomic E-state index is 5.60. The van der Waals surface area contributed by atoms with Crippen molar-refractivity contribution >= 4 is 0 Å². The van der Waals surface area contributed by atoms with Crippen molar-refractivity contribution in [3.8, 4) is 5.75 Å². The first-order chi connectivity index (χ1) is 8.01. The van der Waals surface area contributed by atoms with E-state index in [1.54, 1.807) is 6.20 Å². The Morgan fingerprint density at radius 2 is 2.06 bits per heavy atom. The number of aromatic nitrogens is 1. The highest BCUT2D eigenvalue weighted by Crippen LogP contribution is 2.11. The summed E-state index contributed by atoms with van der Waals surface area (Å²) in [6.07, 6.45) is 1.76. The molecule has 1 aromatic rings. The van der Waals surface area contributed by atoms with Crippen LogP contribution in [0.1, 0.15) is 26.5 Å². The highest BCUT2D eigenvalue weighted by molar-refractivity contribution is 5.22. The molecule has 1 heterocycles. The summed E-state index contributed by atoms with van der Waals surface area (Å²) < 4.78 is 11.2. The van der Waals surface area contributed by atoms with Gasteiger partial charge in [-0.1, -0.05) is 0 Å². The van der Waals surface area contributed by atoms with E-state index >= 15 is 0 Å². The zero-order valence-electron chi connectivity index (χ0n) is 11.1. The zero-order valence-corrected chi connectivity index (χ0v) is 11.1. The van der Waals surface area contributed by atoms with Crippen LogP contribution in [0.15, 0.2) is 18.3 Å². The molecule has 0 aliphatic heterocycles. The van der Waals surface area contributed by atoms with Crippen molar-refractivity contribution in [2.45, 2.75) is 32.9 Å². The van der Waals surface area contributed by atoms with Gasteiger partial charge >= 0.3 is 0 Å². The lowest BCUT2D eigenvalue weighted by Gasteiger charge is -2.19. The van der Waals surface area contributed by atoms with Gasteiger partial charge in [0, 0.05) is 18.8 Å². The number of pyridine rings is 1. The van der Waals surface area contributed by atoms with Crippen LogP contribution in [0.25, 0.3) is 0 Å². The predicted octanol–water partition coefficient (Wildman–Crippen LogP) is 1.99. The van der Waals surface area contributed by atoms with Gasteiger partial charge in [-0.15, -0.1) is 0 Å². The maximum atomic E-state index is 5.60. The van der Waals surface area contributed by atoms with Crippen LogP contribution in [0.3, 0.4) is 0 Å². The summed E-state index contributed by atoms with van der Waals surface area (Å²) in [4.78, 5) is 4.22. The van der Waals surface area contributed by atoms with E-state index in [0.29, 0.717) is 13.2 Å². The average molecular weight is 238 g/mol. The lowest BCUT2D eigenvalue weighted by molar-refractivity contribution is -0.0163. The molecule has 0 aliphatic rings. The van der Waals surface area contributed by atoms with E-state index < -0.39 is 0 Å². The van der Waals surface area contributed by atoms with Crippen molar-refractivity contribution in [1.82, 2.24) is 10.3 Å². The van der Waals surface area contributed by atoms with Crippen LogP contribution < -0.4 is 10.1 Å². The maximum Gasteiger partial charge on any atom is 0.122 e. The fraction of sp³-hybridized carbons (Fsp3) is 0.615. The predicted molar refractivity (Wildman–Crippen MR) is 68.2 cm³/mol. The van der Waals surface area contributed by atoms with Crippen molar-refractivity contribution in [3.63, 3.8) is 0 Å². The van der Waals surface area contributed by atoms with Crippen LogP contribution in [-0.2, 0) is 11.3 Å². The number of hydrogen-bond donors (Lipinski definition) is 1. The minimum atomic E-state index is -0.112. The third-order valence-corrected chi connectivity index (χ3v) is 2.03.